The van der Waals surface area contributed by atoms with Crippen LogP contribution in [0.3, 0.4) is 0 Å². The van der Waals surface area contributed by atoms with Gasteiger partial charge in [0.2, 0.25) is 10.0 Å². The SMILES string of the molecule is CN(C)c1ncccc1CS(N)(=O)=O. The molecule has 78 valence electrons. The molecule has 0 aromatic carbocycles. The van der Waals surface area contributed by atoms with Gasteiger partial charge in [0, 0.05) is 25.9 Å². The fourth-order valence-electron chi connectivity index (χ4n) is 1.16. The van der Waals surface area contributed by atoms with Gasteiger partial charge in [0.25, 0.3) is 0 Å². The Morgan fingerprint density at radius 3 is 2.64 bits per heavy atom. The second kappa shape index (κ2) is 3.93. The van der Waals surface area contributed by atoms with Crippen molar-refractivity contribution >= 4 is 15.8 Å². The highest BCUT2D eigenvalue weighted by molar-refractivity contribution is 7.88. The summed E-state index contributed by atoms with van der Waals surface area (Å²) in [5.41, 5.74) is 0.611. The van der Waals surface area contributed by atoms with Crippen LogP contribution >= 0.6 is 0 Å². The lowest BCUT2D eigenvalue weighted by Crippen LogP contribution is -2.18. The van der Waals surface area contributed by atoms with Gasteiger partial charge in [-0.3, -0.25) is 0 Å². The van der Waals surface area contributed by atoms with Gasteiger partial charge in [-0.1, -0.05) is 6.07 Å². The number of nitrogens with zero attached hydrogens (tertiary/aromatic N) is 2. The number of nitrogens with two attached hydrogens (primary N) is 1. The zero-order valence-corrected chi connectivity index (χ0v) is 8.95. The lowest BCUT2D eigenvalue weighted by Gasteiger charge is -2.14. The standard InChI is InChI=1S/C8H13N3O2S/c1-11(2)8-7(4-3-5-10-8)6-14(9,12)13/h3-5H,6H2,1-2H3,(H2,9,12,13). The monoisotopic (exact) mass is 215 g/mol. The predicted octanol–water partition coefficient (Wildman–Crippen LogP) is -0.0639. The first-order valence-electron chi connectivity index (χ1n) is 4.02. The number of sulfonamides is 1. The van der Waals surface area contributed by atoms with Gasteiger partial charge in [-0.25, -0.2) is 18.5 Å². The highest BCUT2D eigenvalue weighted by atomic mass is 32.2. The molecule has 0 atom stereocenters. The Bertz CT molecular complexity index is 414. The third-order valence-electron chi connectivity index (χ3n) is 1.65. The summed E-state index contributed by atoms with van der Waals surface area (Å²) in [5, 5.41) is 4.96. The second-order valence-electron chi connectivity index (χ2n) is 3.19. The van der Waals surface area contributed by atoms with Crippen LogP contribution in [-0.2, 0) is 15.8 Å². The van der Waals surface area contributed by atoms with Crippen molar-refractivity contribution < 1.29 is 8.42 Å². The van der Waals surface area contributed by atoms with Crippen LogP contribution in [0.2, 0.25) is 0 Å². The molecule has 0 bridgehead atoms. The van der Waals surface area contributed by atoms with Crippen LogP contribution in [-0.4, -0.2) is 27.5 Å². The lowest BCUT2D eigenvalue weighted by atomic mass is 10.3. The normalized spacial score (nSPS) is 11.4. The summed E-state index contributed by atoms with van der Waals surface area (Å²) in [7, 11) is 0.101. The largest absolute Gasteiger partial charge is 0.362 e. The van der Waals surface area contributed by atoms with Gasteiger partial charge in [0.1, 0.15) is 5.82 Å². The quantitative estimate of drug-likeness (QED) is 0.766. The third-order valence-corrected chi connectivity index (χ3v) is 2.36. The molecule has 0 radical (unpaired) electrons. The highest BCUT2D eigenvalue weighted by Gasteiger charge is 2.11. The number of rotatable bonds is 3. The fraction of sp³-hybridized carbons (Fsp3) is 0.375. The zero-order chi connectivity index (χ0) is 10.8. The van der Waals surface area contributed by atoms with E-state index in [2.05, 4.69) is 4.98 Å². The number of anilines is 1. The highest BCUT2D eigenvalue weighted by Crippen LogP contribution is 2.15. The molecule has 2 N–H and O–H groups in total. The molecule has 5 nitrogen and oxygen atoms in total. The number of pyridine rings is 1. The molecule has 0 fully saturated rings. The van der Waals surface area contributed by atoms with E-state index in [0.717, 1.165) is 0 Å². The molecule has 6 heteroatoms. The van der Waals surface area contributed by atoms with Crippen LogP contribution in [0.25, 0.3) is 0 Å². The Morgan fingerprint density at radius 1 is 1.50 bits per heavy atom. The molecule has 1 rings (SSSR count). The van der Waals surface area contributed by atoms with Crippen LogP contribution < -0.4 is 10.0 Å². The molecule has 0 unspecified atom stereocenters. The smallest absolute Gasteiger partial charge is 0.213 e. The number of hydrogen-bond donors (Lipinski definition) is 1. The van der Waals surface area contributed by atoms with E-state index in [1.807, 2.05) is 0 Å². The maximum Gasteiger partial charge on any atom is 0.213 e. The maximum absolute atomic E-state index is 10.9. The van der Waals surface area contributed by atoms with E-state index in [4.69, 9.17) is 5.14 Å². The van der Waals surface area contributed by atoms with E-state index < -0.39 is 10.0 Å². The summed E-state index contributed by atoms with van der Waals surface area (Å²) in [6.45, 7) is 0. The Balaban J connectivity index is 3.08. The van der Waals surface area contributed by atoms with Crippen molar-refractivity contribution in [2.75, 3.05) is 19.0 Å². The van der Waals surface area contributed by atoms with Crippen LogP contribution in [0.15, 0.2) is 18.3 Å². The summed E-state index contributed by atoms with van der Waals surface area (Å²) in [4.78, 5) is 5.82. The van der Waals surface area contributed by atoms with Gasteiger partial charge >= 0.3 is 0 Å². The topological polar surface area (TPSA) is 76.3 Å². The molecule has 14 heavy (non-hydrogen) atoms. The van der Waals surface area contributed by atoms with E-state index in [1.165, 1.54) is 0 Å². The number of hydrogen-bond acceptors (Lipinski definition) is 4. The van der Waals surface area contributed by atoms with E-state index in [1.54, 1.807) is 37.3 Å². The summed E-state index contributed by atoms with van der Waals surface area (Å²) in [5.74, 6) is 0.440. The number of primary sulfonamides is 1. The first kappa shape index (κ1) is 10.9. The lowest BCUT2D eigenvalue weighted by molar-refractivity contribution is 0.597. The summed E-state index contributed by atoms with van der Waals surface area (Å²) in [6.07, 6.45) is 1.61. The molecule has 0 saturated heterocycles. The summed E-state index contributed by atoms with van der Waals surface area (Å²) >= 11 is 0. The molecule has 1 aromatic rings. The fourth-order valence-corrected chi connectivity index (χ4v) is 1.82. The molecule has 1 aromatic heterocycles. The average Bonchev–Trinajstić information content (AvgIpc) is 2.01. The van der Waals surface area contributed by atoms with Crippen LogP contribution in [0, 0.1) is 0 Å². The summed E-state index contributed by atoms with van der Waals surface area (Å²) < 4.78 is 21.8. The number of aromatic nitrogens is 1. The van der Waals surface area contributed by atoms with Gasteiger partial charge in [-0.2, -0.15) is 0 Å². The van der Waals surface area contributed by atoms with Gasteiger partial charge < -0.3 is 4.90 Å². The molecule has 0 spiro atoms. The van der Waals surface area contributed by atoms with E-state index in [0.29, 0.717) is 11.4 Å². The van der Waals surface area contributed by atoms with Crippen molar-refractivity contribution in [2.45, 2.75) is 5.75 Å². The van der Waals surface area contributed by atoms with Gasteiger partial charge in [0.15, 0.2) is 0 Å². The zero-order valence-electron chi connectivity index (χ0n) is 8.14. The molecular formula is C8H13N3O2S. The first-order chi connectivity index (χ1) is 6.40. The molecule has 0 aliphatic heterocycles. The Labute approximate surface area is 83.6 Å². The van der Waals surface area contributed by atoms with Crippen molar-refractivity contribution in [1.82, 2.24) is 4.98 Å². The average molecular weight is 215 g/mol. The Hall–Kier alpha value is -1.14. The second-order valence-corrected chi connectivity index (χ2v) is 4.80. The Morgan fingerprint density at radius 2 is 2.14 bits per heavy atom. The van der Waals surface area contributed by atoms with Crippen molar-refractivity contribution in [2.24, 2.45) is 5.14 Å². The minimum absolute atomic E-state index is 0.186. The molecule has 0 aliphatic rings. The molecule has 1 heterocycles. The molecule has 0 amide bonds. The van der Waals surface area contributed by atoms with E-state index in [-0.39, 0.29) is 5.75 Å². The van der Waals surface area contributed by atoms with Crippen molar-refractivity contribution in [3.8, 4) is 0 Å². The van der Waals surface area contributed by atoms with Crippen LogP contribution in [0.1, 0.15) is 5.56 Å². The predicted molar refractivity (Wildman–Crippen MR) is 55.4 cm³/mol. The van der Waals surface area contributed by atoms with E-state index in [9.17, 15) is 8.42 Å². The third kappa shape index (κ3) is 2.97. The van der Waals surface area contributed by atoms with Crippen molar-refractivity contribution in [3.05, 3.63) is 23.9 Å². The van der Waals surface area contributed by atoms with Crippen LogP contribution in [0.4, 0.5) is 5.82 Å². The van der Waals surface area contributed by atoms with Crippen LogP contribution in [0.5, 0.6) is 0 Å². The molecular weight excluding hydrogens is 202 g/mol. The van der Waals surface area contributed by atoms with Gasteiger partial charge in [-0.05, 0) is 6.07 Å². The van der Waals surface area contributed by atoms with Crippen molar-refractivity contribution in [1.29, 1.82) is 0 Å². The van der Waals surface area contributed by atoms with Gasteiger partial charge in [-0.15, -0.1) is 0 Å². The van der Waals surface area contributed by atoms with Crippen molar-refractivity contribution in [3.63, 3.8) is 0 Å². The maximum atomic E-state index is 10.9. The molecule has 0 aliphatic carbocycles. The molecule has 0 saturated carbocycles. The minimum Gasteiger partial charge on any atom is -0.362 e. The first-order valence-corrected chi connectivity index (χ1v) is 5.73. The summed E-state index contributed by atoms with van der Waals surface area (Å²) in [6, 6.07) is 3.39. The van der Waals surface area contributed by atoms with E-state index >= 15 is 0 Å². The minimum atomic E-state index is -3.50. The Kier molecular flexibility index (Phi) is 3.07. The van der Waals surface area contributed by atoms with Gasteiger partial charge in [0.05, 0.1) is 5.75 Å².